The molecular weight excluding hydrogens is 432 g/mol. The highest BCUT2D eigenvalue weighted by Gasteiger charge is 2.29. The van der Waals surface area contributed by atoms with E-state index >= 15 is 0 Å². The van der Waals surface area contributed by atoms with E-state index in [2.05, 4.69) is 97.7 Å². The van der Waals surface area contributed by atoms with Crippen molar-refractivity contribution in [2.45, 2.75) is 59.2 Å². The fourth-order valence-corrected chi connectivity index (χ4v) is 4.84. The zero-order valence-corrected chi connectivity index (χ0v) is 21.5. The SMILES string of the molecule is Cc1cccc(CN2CCc3ccc(O[C@@H](C)C(=O)NCCC(C)C)cc3[C@H]2c2ccccc2)c1. The molecule has 0 aromatic heterocycles. The average molecular weight is 471 g/mol. The smallest absolute Gasteiger partial charge is 0.260 e. The first-order chi connectivity index (χ1) is 16.9. The molecule has 1 N–H and O–H groups in total. The number of hydrogen-bond acceptors (Lipinski definition) is 3. The molecule has 2 atom stereocenters. The lowest BCUT2D eigenvalue weighted by atomic mass is 9.87. The van der Waals surface area contributed by atoms with Crippen LogP contribution in [-0.4, -0.2) is 30.0 Å². The Kier molecular flexibility index (Phi) is 8.25. The Morgan fingerprint density at radius 2 is 1.83 bits per heavy atom. The molecule has 0 radical (unpaired) electrons. The van der Waals surface area contributed by atoms with Crippen molar-refractivity contribution in [3.8, 4) is 5.75 Å². The van der Waals surface area contributed by atoms with Gasteiger partial charge in [-0.05, 0) is 67.0 Å². The third-order valence-corrected chi connectivity index (χ3v) is 6.73. The Hall–Kier alpha value is -3.11. The third kappa shape index (κ3) is 6.52. The second-order valence-corrected chi connectivity index (χ2v) is 10.1. The summed E-state index contributed by atoms with van der Waals surface area (Å²) in [5.41, 5.74) is 6.50. The van der Waals surface area contributed by atoms with Crippen LogP contribution in [0.25, 0.3) is 0 Å². The molecule has 184 valence electrons. The molecule has 4 nitrogen and oxygen atoms in total. The van der Waals surface area contributed by atoms with Crippen molar-refractivity contribution in [3.05, 3.63) is 101 Å². The van der Waals surface area contributed by atoms with Crippen molar-refractivity contribution in [2.24, 2.45) is 5.92 Å². The fraction of sp³-hybridized carbons (Fsp3) is 0.387. The minimum atomic E-state index is -0.539. The maximum Gasteiger partial charge on any atom is 0.260 e. The summed E-state index contributed by atoms with van der Waals surface area (Å²) in [6.07, 6.45) is 1.42. The lowest BCUT2D eigenvalue weighted by Crippen LogP contribution is -2.37. The minimum Gasteiger partial charge on any atom is -0.481 e. The van der Waals surface area contributed by atoms with Gasteiger partial charge >= 0.3 is 0 Å². The Morgan fingerprint density at radius 3 is 2.57 bits per heavy atom. The van der Waals surface area contributed by atoms with Gasteiger partial charge < -0.3 is 10.1 Å². The maximum absolute atomic E-state index is 12.5. The quantitative estimate of drug-likeness (QED) is 0.413. The second kappa shape index (κ2) is 11.5. The highest BCUT2D eigenvalue weighted by Crippen LogP contribution is 2.38. The Labute approximate surface area is 210 Å². The second-order valence-electron chi connectivity index (χ2n) is 10.1. The molecule has 0 fully saturated rings. The summed E-state index contributed by atoms with van der Waals surface area (Å²) in [4.78, 5) is 15.1. The van der Waals surface area contributed by atoms with Crippen molar-refractivity contribution in [1.29, 1.82) is 0 Å². The normalized spacial score (nSPS) is 16.5. The zero-order chi connectivity index (χ0) is 24.8. The van der Waals surface area contributed by atoms with Gasteiger partial charge in [-0.2, -0.15) is 0 Å². The number of carbonyl (C=O) groups excluding carboxylic acids is 1. The van der Waals surface area contributed by atoms with Crippen LogP contribution in [0.4, 0.5) is 0 Å². The van der Waals surface area contributed by atoms with Crippen LogP contribution in [0.5, 0.6) is 5.75 Å². The van der Waals surface area contributed by atoms with Crippen molar-refractivity contribution >= 4 is 5.91 Å². The molecule has 35 heavy (non-hydrogen) atoms. The Bertz CT molecular complexity index is 1130. The Balaban J connectivity index is 1.57. The van der Waals surface area contributed by atoms with Gasteiger partial charge in [0.15, 0.2) is 6.10 Å². The van der Waals surface area contributed by atoms with Gasteiger partial charge in [0.25, 0.3) is 5.91 Å². The van der Waals surface area contributed by atoms with Crippen LogP contribution in [0.2, 0.25) is 0 Å². The summed E-state index contributed by atoms with van der Waals surface area (Å²) >= 11 is 0. The summed E-state index contributed by atoms with van der Waals surface area (Å²) in [6, 6.07) is 25.9. The first-order valence-electron chi connectivity index (χ1n) is 12.8. The monoisotopic (exact) mass is 470 g/mol. The predicted molar refractivity (Wildman–Crippen MR) is 143 cm³/mol. The number of fused-ring (bicyclic) bond motifs is 1. The topological polar surface area (TPSA) is 41.6 Å². The molecule has 1 aliphatic heterocycles. The van der Waals surface area contributed by atoms with E-state index in [1.54, 1.807) is 0 Å². The van der Waals surface area contributed by atoms with Crippen LogP contribution in [0, 0.1) is 12.8 Å². The van der Waals surface area contributed by atoms with Crippen molar-refractivity contribution < 1.29 is 9.53 Å². The molecule has 0 aliphatic carbocycles. The highest BCUT2D eigenvalue weighted by atomic mass is 16.5. The van der Waals surface area contributed by atoms with Gasteiger partial charge in [-0.25, -0.2) is 0 Å². The molecule has 3 aromatic carbocycles. The average Bonchev–Trinajstić information content (AvgIpc) is 2.84. The molecule has 0 saturated heterocycles. The van der Waals surface area contributed by atoms with Crippen LogP contribution >= 0.6 is 0 Å². The number of ether oxygens (including phenoxy) is 1. The molecule has 0 saturated carbocycles. The first-order valence-corrected chi connectivity index (χ1v) is 12.8. The third-order valence-electron chi connectivity index (χ3n) is 6.73. The van der Waals surface area contributed by atoms with E-state index in [9.17, 15) is 4.79 Å². The van der Waals surface area contributed by atoms with Gasteiger partial charge in [-0.1, -0.05) is 80.1 Å². The van der Waals surface area contributed by atoms with Gasteiger partial charge in [0.05, 0.1) is 6.04 Å². The molecule has 4 rings (SSSR count). The molecule has 1 heterocycles. The molecule has 4 heteroatoms. The molecule has 3 aromatic rings. The van der Waals surface area contributed by atoms with E-state index in [-0.39, 0.29) is 11.9 Å². The van der Waals surface area contributed by atoms with E-state index < -0.39 is 6.10 Å². The van der Waals surface area contributed by atoms with Crippen molar-refractivity contribution in [2.75, 3.05) is 13.1 Å². The number of benzene rings is 3. The molecular formula is C31H38N2O2. The molecule has 0 bridgehead atoms. The van der Waals surface area contributed by atoms with Gasteiger partial charge in [0, 0.05) is 19.6 Å². The summed E-state index contributed by atoms with van der Waals surface area (Å²) in [6.45, 7) is 10.8. The van der Waals surface area contributed by atoms with Gasteiger partial charge in [-0.15, -0.1) is 0 Å². The van der Waals surface area contributed by atoms with Gasteiger partial charge in [-0.3, -0.25) is 9.69 Å². The number of aryl methyl sites for hydroxylation is 1. The van der Waals surface area contributed by atoms with E-state index in [1.165, 1.54) is 27.8 Å². The lowest BCUT2D eigenvalue weighted by molar-refractivity contribution is -0.127. The minimum absolute atomic E-state index is 0.0657. The van der Waals surface area contributed by atoms with Crippen LogP contribution in [-0.2, 0) is 17.8 Å². The summed E-state index contributed by atoms with van der Waals surface area (Å²) in [5.74, 6) is 1.24. The number of rotatable bonds is 9. The summed E-state index contributed by atoms with van der Waals surface area (Å²) in [5, 5.41) is 3.00. The first kappa shape index (κ1) is 25.0. The van der Waals surface area contributed by atoms with Crippen molar-refractivity contribution in [1.82, 2.24) is 10.2 Å². The largest absolute Gasteiger partial charge is 0.481 e. The molecule has 0 spiro atoms. The van der Waals surface area contributed by atoms with Crippen LogP contribution in [0.3, 0.4) is 0 Å². The zero-order valence-electron chi connectivity index (χ0n) is 21.5. The van der Waals surface area contributed by atoms with E-state index in [0.29, 0.717) is 12.5 Å². The summed E-state index contributed by atoms with van der Waals surface area (Å²) in [7, 11) is 0. The van der Waals surface area contributed by atoms with Crippen molar-refractivity contribution in [3.63, 3.8) is 0 Å². The number of carbonyl (C=O) groups is 1. The fourth-order valence-electron chi connectivity index (χ4n) is 4.84. The summed E-state index contributed by atoms with van der Waals surface area (Å²) < 4.78 is 6.12. The predicted octanol–water partition coefficient (Wildman–Crippen LogP) is 6.07. The van der Waals surface area contributed by atoms with Crippen LogP contribution in [0.1, 0.15) is 61.1 Å². The molecule has 0 unspecified atom stereocenters. The molecule has 1 amide bonds. The maximum atomic E-state index is 12.5. The number of hydrogen-bond donors (Lipinski definition) is 1. The standard InChI is InChI=1S/C31H38N2O2/c1-22(2)15-17-32-31(34)24(4)35-28-14-13-26-16-18-33(21-25-10-8-9-23(3)19-25)30(29(26)20-28)27-11-6-5-7-12-27/h5-14,19-20,22,24,30H,15-18,21H2,1-4H3,(H,32,34)/t24-,30+/m0/s1. The number of nitrogens with zero attached hydrogens (tertiary/aromatic N) is 1. The molecule has 1 aliphatic rings. The van der Waals surface area contributed by atoms with Crippen LogP contribution in [0.15, 0.2) is 72.8 Å². The van der Waals surface area contributed by atoms with E-state index in [0.717, 1.165) is 31.7 Å². The Morgan fingerprint density at radius 1 is 1.03 bits per heavy atom. The van der Waals surface area contributed by atoms with Crippen LogP contribution < -0.4 is 10.1 Å². The number of nitrogens with one attached hydrogen (secondary N) is 1. The number of amides is 1. The van der Waals surface area contributed by atoms with Gasteiger partial charge in [0.2, 0.25) is 0 Å². The highest BCUT2D eigenvalue weighted by molar-refractivity contribution is 5.80. The van der Waals surface area contributed by atoms with E-state index in [1.807, 2.05) is 13.0 Å². The lowest BCUT2D eigenvalue weighted by Gasteiger charge is -2.38. The van der Waals surface area contributed by atoms with E-state index in [4.69, 9.17) is 4.74 Å². The van der Waals surface area contributed by atoms with Gasteiger partial charge in [0.1, 0.15) is 5.75 Å².